The minimum absolute atomic E-state index is 0.752. The number of anilines is 1. The lowest BCUT2D eigenvalue weighted by Gasteiger charge is -2.34. The first-order valence-electron chi connectivity index (χ1n) is 8.67. The van der Waals surface area contributed by atoms with E-state index in [-0.39, 0.29) is 0 Å². The number of ether oxygens (including phenoxy) is 1. The average Bonchev–Trinajstić information content (AvgIpc) is 2.66. The first-order valence-corrected chi connectivity index (χ1v) is 8.67. The molecule has 0 radical (unpaired) electrons. The van der Waals surface area contributed by atoms with Crippen molar-refractivity contribution in [3.63, 3.8) is 0 Å². The van der Waals surface area contributed by atoms with E-state index in [1.54, 1.807) is 0 Å². The molecule has 0 aliphatic carbocycles. The van der Waals surface area contributed by atoms with Crippen molar-refractivity contribution in [3.05, 3.63) is 60.2 Å². The van der Waals surface area contributed by atoms with Crippen molar-refractivity contribution in [2.75, 3.05) is 37.7 Å². The fourth-order valence-electron chi connectivity index (χ4n) is 2.76. The lowest BCUT2D eigenvalue weighted by atomic mass is 10.2. The average molecular weight is 323 g/mol. The summed E-state index contributed by atoms with van der Waals surface area (Å²) in [5.74, 6) is 0.912. The van der Waals surface area contributed by atoms with Crippen LogP contribution in [0.15, 0.2) is 59.7 Å². The number of benzene rings is 2. The van der Waals surface area contributed by atoms with Crippen molar-refractivity contribution in [1.82, 2.24) is 5.01 Å². The van der Waals surface area contributed by atoms with Gasteiger partial charge in [0.1, 0.15) is 5.75 Å². The molecule has 2 aromatic rings. The molecule has 0 N–H and O–H groups in total. The minimum Gasteiger partial charge on any atom is -0.494 e. The molecule has 0 bridgehead atoms. The van der Waals surface area contributed by atoms with Gasteiger partial charge in [-0.05, 0) is 36.2 Å². The van der Waals surface area contributed by atoms with Gasteiger partial charge in [0, 0.05) is 18.8 Å². The Balaban J connectivity index is 1.53. The van der Waals surface area contributed by atoms with E-state index < -0.39 is 0 Å². The van der Waals surface area contributed by atoms with Gasteiger partial charge in [-0.2, -0.15) is 5.10 Å². The molecule has 0 aromatic heterocycles. The zero-order chi connectivity index (χ0) is 16.6. The van der Waals surface area contributed by atoms with Crippen LogP contribution in [0.2, 0.25) is 0 Å². The molecule has 24 heavy (non-hydrogen) atoms. The van der Waals surface area contributed by atoms with Gasteiger partial charge in [-0.1, -0.05) is 37.3 Å². The Hall–Kier alpha value is -2.49. The van der Waals surface area contributed by atoms with Gasteiger partial charge in [0.2, 0.25) is 0 Å². The van der Waals surface area contributed by atoms with Gasteiger partial charge in [-0.25, -0.2) is 0 Å². The van der Waals surface area contributed by atoms with Crippen molar-refractivity contribution in [2.45, 2.75) is 13.3 Å². The lowest BCUT2D eigenvalue weighted by molar-refractivity contribution is 0.272. The molecule has 126 valence electrons. The van der Waals surface area contributed by atoms with E-state index in [1.165, 1.54) is 5.69 Å². The zero-order valence-electron chi connectivity index (χ0n) is 14.3. The standard InChI is InChI=1S/C20H25N3O/c1-2-15-24-20-10-6-7-18(16-20)17-21-23-13-11-22(12-14-23)19-8-4-3-5-9-19/h3-10,16-17H,2,11-15H2,1H3/b21-17+. The predicted octanol–water partition coefficient (Wildman–Crippen LogP) is 3.63. The Bertz CT molecular complexity index is 649. The monoisotopic (exact) mass is 323 g/mol. The molecule has 2 aromatic carbocycles. The van der Waals surface area contributed by atoms with Gasteiger partial charge in [0.05, 0.1) is 25.9 Å². The highest BCUT2D eigenvalue weighted by Gasteiger charge is 2.15. The van der Waals surface area contributed by atoms with Crippen LogP contribution in [0.5, 0.6) is 5.75 Å². The number of hydrazone groups is 1. The normalized spacial score (nSPS) is 15.0. The van der Waals surface area contributed by atoms with Crippen LogP contribution < -0.4 is 9.64 Å². The quantitative estimate of drug-likeness (QED) is 0.760. The molecule has 0 spiro atoms. The maximum atomic E-state index is 5.67. The summed E-state index contributed by atoms with van der Waals surface area (Å²) in [6.07, 6.45) is 2.95. The number of hydrogen-bond acceptors (Lipinski definition) is 4. The maximum Gasteiger partial charge on any atom is 0.119 e. The topological polar surface area (TPSA) is 28.1 Å². The van der Waals surface area contributed by atoms with Crippen LogP contribution in [-0.4, -0.2) is 44.0 Å². The molecule has 1 fully saturated rings. The van der Waals surface area contributed by atoms with Gasteiger partial charge < -0.3 is 9.64 Å². The minimum atomic E-state index is 0.752. The maximum absolute atomic E-state index is 5.67. The van der Waals surface area contributed by atoms with Crippen molar-refractivity contribution in [1.29, 1.82) is 0 Å². The fourth-order valence-corrected chi connectivity index (χ4v) is 2.76. The van der Waals surface area contributed by atoms with Crippen LogP contribution in [0.25, 0.3) is 0 Å². The van der Waals surface area contributed by atoms with Crippen molar-refractivity contribution < 1.29 is 4.74 Å². The van der Waals surface area contributed by atoms with Crippen LogP contribution in [0, 0.1) is 0 Å². The predicted molar refractivity (Wildman–Crippen MR) is 100 cm³/mol. The highest BCUT2D eigenvalue weighted by molar-refractivity contribution is 5.80. The van der Waals surface area contributed by atoms with Gasteiger partial charge in [0.25, 0.3) is 0 Å². The molecule has 0 unspecified atom stereocenters. The Morgan fingerprint density at radius 1 is 1.00 bits per heavy atom. The summed E-state index contributed by atoms with van der Waals surface area (Å²) in [6.45, 7) is 6.75. The SMILES string of the molecule is CCCOc1cccc(/C=N/N2CCN(c3ccccc3)CC2)c1. The van der Waals surface area contributed by atoms with E-state index in [4.69, 9.17) is 4.74 Å². The molecule has 4 heteroatoms. The second kappa shape index (κ2) is 8.39. The van der Waals surface area contributed by atoms with Gasteiger partial charge >= 0.3 is 0 Å². The van der Waals surface area contributed by atoms with Crippen molar-refractivity contribution >= 4 is 11.9 Å². The molecule has 1 saturated heterocycles. The lowest BCUT2D eigenvalue weighted by Crippen LogP contribution is -2.44. The molecule has 4 nitrogen and oxygen atoms in total. The number of para-hydroxylation sites is 1. The number of hydrogen-bond donors (Lipinski definition) is 0. The second-order valence-electron chi connectivity index (χ2n) is 5.94. The summed E-state index contributed by atoms with van der Waals surface area (Å²) in [5, 5.41) is 6.77. The molecule has 0 amide bonds. The van der Waals surface area contributed by atoms with Gasteiger partial charge in [0.15, 0.2) is 0 Å². The number of piperazine rings is 1. The molecule has 0 saturated carbocycles. The van der Waals surface area contributed by atoms with Crippen LogP contribution in [0.4, 0.5) is 5.69 Å². The molecular weight excluding hydrogens is 298 g/mol. The van der Waals surface area contributed by atoms with Crippen LogP contribution in [0.1, 0.15) is 18.9 Å². The summed E-state index contributed by atoms with van der Waals surface area (Å²) < 4.78 is 5.67. The zero-order valence-corrected chi connectivity index (χ0v) is 14.3. The molecular formula is C20H25N3O. The second-order valence-corrected chi connectivity index (χ2v) is 5.94. The Morgan fingerprint density at radius 3 is 2.54 bits per heavy atom. The van der Waals surface area contributed by atoms with E-state index in [0.717, 1.165) is 50.5 Å². The summed E-state index contributed by atoms with van der Waals surface area (Å²) in [5.41, 5.74) is 2.37. The summed E-state index contributed by atoms with van der Waals surface area (Å²) in [6, 6.07) is 18.7. The third-order valence-electron chi connectivity index (χ3n) is 4.08. The van der Waals surface area contributed by atoms with Gasteiger partial charge in [-0.15, -0.1) is 0 Å². The fraction of sp³-hybridized carbons (Fsp3) is 0.350. The molecule has 1 aliphatic heterocycles. The first kappa shape index (κ1) is 16.4. The Labute approximate surface area is 144 Å². The summed E-state index contributed by atoms with van der Waals surface area (Å²) in [4.78, 5) is 2.41. The molecule has 3 rings (SSSR count). The largest absolute Gasteiger partial charge is 0.494 e. The van der Waals surface area contributed by atoms with Crippen molar-refractivity contribution in [3.8, 4) is 5.75 Å². The van der Waals surface area contributed by atoms with Crippen LogP contribution in [0.3, 0.4) is 0 Å². The Kier molecular flexibility index (Phi) is 5.72. The van der Waals surface area contributed by atoms with Crippen molar-refractivity contribution in [2.24, 2.45) is 5.10 Å². The van der Waals surface area contributed by atoms with Gasteiger partial charge in [-0.3, -0.25) is 5.01 Å². The smallest absolute Gasteiger partial charge is 0.119 e. The van der Waals surface area contributed by atoms with E-state index in [2.05, 4.69) is 58.3 Å². The van der Waals surface area contributed by atoms with Crippen LogP contribution >= 0.6 is 0 Å². The van der Waals surface area contributed by atoms with E-state index in [9.17, 15) is 0 Å². The van der Waals surface area contributed by atoms with E-state index in [1.807, 2.05) is 24.4 Å². The Morgan fingerprint density at radius 2 is 1.79 bits per heavy atom. The van der Waals surface area contributed by atoms with E-state index in [0.29, 0.717) is 0 Å². The highest BCUT2D eigenvalue weighted by atomic mass is 16.5. The van der Waals surface area contributed by atoms with E-state index >= 15 is 0 Å². The first-order chi connectivity index (χ1) is 11.8. The molecule has 1 heterocycles. The summed E-state index contributed by atoms with van der Waals surface area (Å²) in [7, 11) is 0. The highest BCUT2D eigenvalue weighted by Crippen LogP contribution is 2.16. The third kappa shape index (κ3) is 4.51. The molecule has 0 atom stereocenters. The number of rotatable bonds is 6. The number of nitrogens with zero attached hydrogens (tertiary/aromatic N) is 3. The third-order valence-corrected chi connectivity index (χ3v) is 4.08. The summed E-state index contributed by atoms with van der Waals surface area (Å²) >= 11 is 0. The van der Waals surface area contributed by atoms with Crippen LogP contribution in [-0.2, 0) is 0 Å². The molecule has 1 aliphatic rings.